The lowest BCUT2D eigenvalue weighted by Crippen LogP contribution is -2.44. The standard InChI is InChI=1S/C8H15NO2S/c1-6(2)9-5-4-7(12-3)11-8(9)10/h6-7H,4-5H2,1-3H3. The van der Waals surface area contributed by atoms with Gasteiger partial charge < -0.3 is 9.64 Å². The van der Waals surface area contributed by atoms with Gasteiger partial charge in [0.15, 0.2) is 5.44 Å². The molecule has 70 valence electrons. The highest BCUT2D eigenvalue weighted by molar-refractivity contribution is 7.99. The predicted octanol–water partition coefficient (Wildman–Crippen LogP) is 1.93. The summed E-state index contributed by atoms with van der Waals surface area (Å²) in [5.74, 6) is 0. The van der Waals surface area contributed by atoms with Crippen molar-refractivity contribution in [2.24, 2.45) is 0 Å². The lowest BCUT2D eigenvalue weighted by atomic mass is 10.3. The van der Waals surface area contributed by atoms with Gasteiger partial charge in [-0.1, -0.05) is 0 Å². The van der Waals surface area contributed by atoms with E-state index in [0.717, 1.165) is 13.0 Å². The van der Waals surface area contributed by atoms with Gasteiger partial charge in [0.2, 0.25) is 0 Å². The third-order valence-electron chi connectivity index (χ3n) is 1.96. The Morgan fingerprint density at radius 3 is 2.75 bits per heavy atom. The van der Waals surface area contributed by atoms with Gasteiger partial charge in [-0.3, -0.25) is 0 Å². The molecule has 1 amide bonds. The monoisotopic (exact) mass is 189 g/mol. The summed E-state index contributed by atoms with van der Waals surface area (Å²) in [4.78, 5) is 13.1. The molecule has 1 fully saturated rings. The second-order valence-electron chi connectivity index (χ2n) is 3.12. The van der Waals surface area contributed by atoms with E-state index in [1.807, 2.05) is 20.1 Å². The van der Waals surface area contributed by atoms with E-state index in [1.165, 1.54) is 0 Å². The molecule has 4 heteroatoms. The summed E-state index contributed by atoms with van der Waals surface area (Å²) in [7, 11) is 0. The molecule has 0 saturated carbocycles. The number of nitrogens with zero attached hydrogens (tertiary/aromatic N) is 1. The second kappa shape index (κ2) is 4.03. The zero-order valence-corrected chi connectivity index (χ0v) is 8.56. The molecule has 12 heavy (non-hydrogen) atoms. The SMILES string of the molecule is CSC1CCN(C(C)C)C(=O)O1. The zero-order chi connectivity index (χ0) is 9.14. The van der Waals surface area contributed by atoms with Crippen molar-refractivity contribution in [2.45, 2.75) is 31.7 Å². The molecule has 1 rings (SSSR count). The minimum absolute atomic E-state index is 0.0625. The summed E-state index contributed by atoms with van der Waals surface area (Å²) in [6.45, 7) is 4.82. The van der Waals surface area contributed by atoms with Crippen molar-refractivity contribution in [3.63, 3.8) is 0 Å². The van der Waals surface area contributed by atoms with E-state index < -0.39 is 0 Å². The molecule has 0 aromatic rings. The van der Waals surface area contributed by atoms with Gasteiger partial charge in [-0.25, -0.2) is 4.79 Å². The maximum absolute atomic E-state index is 11.3. The molecule has 0 radical (unpaired) electrons. The summed E-state index contributed by atoms with van der Waals surface area (Å²) in [6, 6.07) is 0.250. The van der Waals surface area contributed by atoms with Gasteiger partial charge in [0.1, 0.15) is 0 Å². The highest BCUT2D eigenvalue weighted by Crippen LogP contribution is 2.20. The van der Waals surface area contributed by atoms with Crippen LogP contribution in [0.5, 0.6) is 0 Å². The quantitative estimate of drug-likeness (QED) is 0.664. The first kappa shape index (κ1) is 9.71. The Labute approximate surface area is 77.4 Å². The van der Waals surface area contributed by atoms with E-state index in [4.69, 9.17) is 4.74 Å². The topological polar surface area (TPSA) is 29.5 Å². The van der Waals surface area contributed by atoms with Crippen LogP contribution in [0.1, 0.15) is 20.3 Å². The number of amides is 1. The summed E-state index contributed by atoms with van der Waals surface area (Å²) >= 11 is 1.59. The largest absolute Gasteiger partial charge is 0.435 e. The van der Waals surface area contributed by atoms with Gasteiger partial charge >= 0.3 is 6.09 Å². The highest BCUT2D eigenvalue weighted by atomic mass is 32.2. The molecule has 1 heterocycles. The highest BCUT2D eigenvalue weighted by Gasteiger charge is 2.27. The van der Waals surface area contributed by atoms with Crippen LogP contribution in [0.2, 0.25) is 0 Å². The van der Waals surface area contributed by atoms with E-state index in [-0.39, 0.29) is 17.6 Å². The maximum Gasteiger partial charge on any atom is 0.411 e. The Balaban J connectivity index is 2.48. The molecule has 0 aliphatic carbocycles. The number of hydrogen-bond donors (Lipinski definition) is 0. The molecule has 0 spiro atoms. The summed E-state index contributed by atoms with van der Waals surface area (Å²) in [6.07, 6.45) is 2.73. The Kier molecular flexibility index (Phi) is 3.26. The molecule has 0 aromatic carbocycles. The average Bonchev–Trinajstić information content (AvgIpc) is 2.03. The van der Waals surface area contributed by atoms with E-state index >= 15 is 0 Å². The molecule has 3 nitrogen and oxygen atoms in total. The van der Waals surface area contributed by atoms with Crippen LogP contribution in [-0.2, 0) is 4.74 Å². The Morgan fingerprint density at radius 2 is 2.33 bits per heavy atom. The van der Waals surface area contributed by atoms with E-state index in [0.29, 0.717) is 0 Å². The minimum Gasteiger partial charge on any atom is -0.435 e. The molecule has 0 aromatic heterocycles. The smallest absolute Gasteiger partial charge is 0.411 e. The maximum atomic E-state index is 11.3. The Bertz CT molecular complexity index is 172. The van der Waals surface area contributed by atoms with Crippen molar-refractivity contribution in [3.05, 3.63) is 0 Å². The molecule has 0 N–H and O–H groups in total. The minimum atomic E-state index is -0.171. The molecule has 1 aliphatic heterocycles. The van der Waals surface area contributed by atoms with Crippen LogP contribution < -0.4 is 0 Å². The van der Waals surface area contributed by atoms with Crippen molar-refractivity contribution in [2.75, 3.05) is 12.8 Å². The molecular formula is C8H15NO2S. The lowest BCUT2D eigenvalue weighted by Gasteiger charge is -2.33. The van der Waals surface area contributed by atoms with Crippen molar-refractivity contribution in [1.82, 2.24) is 4.90 Å². The van der Waals surface area contributed by atoms with E-state index in [2.05, 4.69) is 0 Å². The fourth-order valence-electron chi connectivity index (χ4n) is 1.21. The van der Waals surface area contributed by atoms with Crippen molar-refractivity contribution in [1.29, 1.82) is 0 Å². The van der Waals surface area contributed by atoms with Crippen molar-refractivity contribution in [3.8, 4) is 0 Å². The van der Waals surface area contributed by atoms with Gasteiger partial charge in [0.05, 0.1) is 0 Å². The third kappa shape index (κ3) is 2.06. The predicted molar refractivity (Wildman–Crippen MR) is 50.2 cm³/mol. The van der Waals surface area contributed by atoms with Gasteiger partial charge in [-0.05, 0) is 20.1 Å². The molecule has 1 aliphatic rings. The fraction of sp³-hybridized carbons (Fsp3) is 0.875. The number of cyclic esters (lactones) is 1. The van der Waals surface area contributed by atoms with E-state index in [9.17, 15) is 4.79 Å². The van der Waals surface area contributed by atoms with Gasteiger partial charge in [-0.2, -0.15) is 0 Å². The van der Waals surface area contributed by atoms with Crippen LogP contribution in [0, 0.1) is 0 Å². The Hall–Kier alpha value is -0.380. The van der Waals surface area contributed by atoms with Crippen molar-refractivity contribution < 1.29 is 9.53 Å². The van der Waals surface area contributed by atoms with Gasteiger partial charge in [-0.15, -0.1) is 11.8 Å². The normalized spacial score (nSPS) is 24.5. The first-order valence-electron chi connectivity index (χ1n) is 4.15. The number of carbonyl (C=O) groups excluding carboxylic acids is 1. The number of hydrogen-bond acceptors (Lipinski definition) is 3. The van der Waals surface area contributed by atoms with Crippen LogP contribution in [-0.4, -0.2) is 35.3 Å². The molecule has 1 saturated heterocycles. The molecule has 1 atom stereocenters. The molecular weight excluding hydrogens is 174 g/mol. The second-order valence-corrected chi connectivity index (χ2v) is 4.12. The summed E-state index contributed by atoms with van der Waals surface area (Å²) in [5, 5.41) is 0. The van der Waals surface area contributed by atoms with Crippen LogP contribution in [0.3, 0.4) is 0 Å². The summed E-state index contributed by atoms with van der Waals surface area (Å²) < 4.78 is 5.16. The third-order valence-corrected chi connectivity index (χ3v) is 2.82. The van der Waals surface area contributed by atoms with Crippen molar-refractivity contribution >= 4 is 17.9 Å². The number of carbonyl (C=O) groups is 1. The van der Waals surface area contributed by atoms with Gasteiger partial charge in [0.25, 0.3) is 0 Å². The first-order valence-corrected chi connectivity index (χ1v) is 5.44. The molecule has 1 unspecified atom stereocenters. The zero-order valence-electron chi connectivity index (χ0n) is 7.74. The van der Waals surface area contributed by atoms with Crippen LogP contribution in [0.4, 0.5) is 4.79 Å². The average molecular weight is 189 g/mol. The first-order chi connectivity index (χ1) is 5.65. The Morgan fingerprint density at radius 1 is 1.67 bits per heavy atom. The van der Waals surface area contributed by atoms with Crippen LogP contribution in [0.25, 0.3) is 0 Å². The van der Waals surface area contributed by atoms with Gasteiger partial charge in [0, 0.05) is 19.0 Å². The number of thioether (sulfide) groups is 1. The molecule has 0 bridgehead atoms. The summed E-state index contributed by atoms with van der Waals surface area (Å²) in [5.41, 5.74) is 0.0625. The van der Waals surface area contributed by atoms with Crippen LogP contribution >= 0.6 is 11.8 Å². The van der Waals surface area contributed by atoms with E-state index in [1.54, 1.807) is 16.7 Å². The number of ether oxygens (including phenoxy) is 1. The fourth-order valence-corrected chi connectivity index (χ4v) is 1.73. The lowest BCUT2D eigenvalue weighted by molar-refractivity contribution is 0.0492. The number of rotatable bonds is 2. The van der Waals surface area contributed by atoms with Crippen LogP contribution in [0.15, 0.2) is 0 Å².